The number of aliphatic imine (C=N–C) groups is 1. The molecule has 2 aliphatic carbocycles. The van der Waals surface area contributed by atoms with Crippen molar-refractivity contribution in [1.82, 2.24) is 15.2 Å². The van der Waals surface area contributed by atoms with Crippen molar-refractivity contribution in [3.8, 4) is 0 Å². The number of hydrogen-bond acceptors (Lipinski definition) is 5. The molecule has 0 unspecified atom stereocenters. The molecule has 7 nitrogen and oxygen atoms in total. The maximum atomic E-state index is 13.3. The monoisotopic (exact) mass is 507 g/mol. The van der Waals surface area contributed by atoms with E-state index in [9.17, 15) is 22.8 Å². The fourth-order valence-corrected chi connectivity index (χ4v) is 6.12. The van der Waals surface area contributed by atoms with E-state index in [1.807, 2.05) is 0 Å². The quantitative estimate of drug-likeness (QED) is 0.560. The highest BCUT2D eigenvalue weighted by Gasteiger charge is 2.48. The zero-order chi connectivity index (χ0) is 25.9. The van der Waals surface area contributed by atoms with Gasteiger partial charge in [-0.3, -0.25) is 19.5 Å². The summed E-state index contributed by atoms with van der Waals surface area (Å²) < 4.78 is 38.3. The zero-order valence-electron chi connectivity index (χ0n) is 20.8. The summed E-state index contributed by atoms with van der Waals surface area (Å²) in [4.78, 5) is 35.5. The fourth-order valence-electron chi connectivity index (χ4n) is 6.12. The summed E-state index contributed by atoms with van der Waals surface area (Å²) in [7, 11) is 1.67. The summed E-state index contributed by atoms with van der Waals surface area (Å²) in [5.74, 6) is 0.597. The summed E-state index contributed by atoms with van der Waals surface area (Å²) in [5.41, 5.74) is 4.30. The van der Waals surface area contributed by atoms with Crippen LogP contribution in [0.4, 0.5) is 13.2 Å². The fraction of sp³-hybridized carbons (Fsp3) is 0.692. The van der Waals surface area contributed by atoms with Crippen LogP contribution in [0.5, 0.6) is 0 Å². The molecular formula is C26H36F3N5O2. The predicted molar refractivity (Wildman–Crippen MR) is 130 cm³/mol. The standard InChI is InChI=1S/C26H36F3N5O2/c1-34-23(36)25(33-24(34)30,13-12-17-6-3-2-4-7-17)15-18-8-5-9-20(14-18)32-22(35)19-10-11-21(31-16-19)26(27,28)29/h10-11,16-18,20H,2-9,12-15H2,1H3,(H2,30,33)(H,32,35)/t18-,20+,25+/m0/s1. The van der Waals surface area contributed by atoms with Crippen LogP contribution in [0.3, 0.4) is 0 Å². The lowest BCUT2D eigenvalue weighted by molar-refractivity contribution is -0.141. The van der Waals surface area contributed by atoms with Crippen molar-refractivity contribution in [2.45, 2.75) is 94.8 Å². The number of halogens is 3. The molecule has 36 heavy (non-hydrogen) atoms. The van der Waals surface area contributed by atoms with E-state index >= 15 is 0 Å². The molecule has 2 fully saturated rings. The SMILES string of the molecule is CN1C(=O)[C@@](CCC2CCCCC2)(C[C@H]2CCC[C@@H](NC(=O)c3ccc(C(F)(F)F)nc3)C2)N=C1N. The molecule has 3 atom stereocenters. The number of pyridine rings is 1. The Balaban J connectivity index is 1.39. The topological polar surface area (TPSA) is 101 Å². The summed E-state index contributed by atoms with van der Waals surface area (Å²) in [6.45, 7) is 0. The molecule has 0 spiro atoms. The van der Waals surface area contributed by atoms with Crippen molar-refractivity contribution in [3.05, 3.63) is 29.6 Å². The van der Waals surface area contributed by atoms with E-state index < -0.39 is 23.3 Å². The van der Waals surface area contributed by atoms with E-state index in [2.05, 4.69) is 10.3 Å². The van der Waals surface area contributed by atoms with Gasteiger partial charge in [-0.15, -0.1) is 0 Å². The molecule has 0 aromatic carbocycles. The summed E-state index contributed by atoms with van der Waals surface area (Å²) in [6.07, 6.45) is 8.15. The number of alkyl halides is 3. The number of carbonyl (C=O) groups excluding carboxylic acids is 2. The van der Waals surface area contributed by atoms with Crippen LogP contribution >= 0.6 is 0 Å². The zero-order valence-corrected chi connectivity index (χ0v) is 20.8. The van der Waals surface area contributed by atoms with Gasteiger partial charge < -0.3 is 11.1 Å². The second kappa shape index (κ2) is 10.8. The Morgan fingerprint density at radius 1 is 1.14 bits per heavy atom. The van der Waals surface area contributed by atoms with Gasteiger partial charge in [0.25, 0.3) is 11.8 Å². The molecule has 2 saturated carbocycles. The molecule has 1 aromatic heterocycles. The van der Waals surface area contributed by atoms with Gasteiger partial charge >= 0.3 is 6.18 Å². The Bertz CT molecular complexity index is 975. The molecule has 1 aromatic rings. The van der Waals surface area contributed by atoms with E-state index in [-0.39, 0.29) is 29.4 Å². The smallest absolute Gasteiger partial charge is 0.369 e. The molecule has 0 saturated heterocycles. The van der Waals surface area contributed by atoms with E-state index in [4.69, 9.17) is 10.7 Å². The number of nitrogens with one attached hydrogen (secondary N) is 1. The molecule has 2 amide bonds. The largest absolute Gasteiger partial charge is 0.433 e. The van der Waals surface area contributed by atoms with Gasteiger partial charge in [0.1, 0.15) is 11.2 Å². The third-order valence-electron chi connectivity index (χ3n) is 8.13. The van der Waals surface area contributed by atoms with Crippen LogP contribution in [-0.2, 0) is 11.0 Å². The number of nitrogens with zero attached hydrogens (tertiary/aromatic N) is 3. The average molecular weight is 508 g/mol. The van der Waals surface area contributed by atoms with Gasteiger partial charge in [-0.25, -0.2) is 4.99 Å². The van der Waals surface area contributed by atoms with Gasteiger partial charge in [-0.05, 0) is 56.1 Å². The van der Waals surface area contributed by atoms with Gasteiger partial charge in [-0.2, -0.15) is 13.2 Å². The Morgan fingerprint density at radius 2 is 1.86 bits per heavy atom. The van der Waals surface area contributed by atoms with Crippen molar-refractivity contribution >= 4 is 17.8 Å². The number of carbonyl (C=O) groups is 2. The van der Waals surface area contributed by atoms with E-state index in [1.54, 1.807) is 7.05 Å². The van der Waals surface area contributed by atoms with Crippen LogP contribution < -0.4 is 11.1 Å². The number of nitrogens with two attached hydrogens (primary N) is 1. The van der Waals surface area contributed by atoms with Crippen molar-refractivity contribution < 1.29 is 22.8 Å². The maximum Gasteiger partial charge on any atom is 0.433 e. The first-order valence-electron chi connectivity index (χ1n) is 13.0. The van der Waals surface area contributed by atoms with Gasteiger partial charge in [0.15, 0.2) is 5.96 Å². The highest BCUT2D eigenvalue weighted by Crippen LogP contribution is 2.40. The van der Waals surface area contributed by atoms with Crippen molar-refractivity contribution in [1.29, 1.82) is 0 Å². The molecule has 3 aliphatic rings. The molecule has 0 radical (unpaired) electrons. The first-order chi connectivity index (χ1) is 17.1. The maximum absolute atomic E-state index is 13.3. The Kier molecular flexibility index (Phi) is 7.90. The normalized spacial score (nSPS) is 27.7. The molecule has 3 N–H and O–H groups in total. The lowest BCUT2D eigenvalue weighted by Crippen LogP contribution is -2.45. The van der Waals surface area contributed by atoms with E-state index in [1.165, 1.54) is 37.0 Å². The molecule has 10 heteroatoms. The number of likely N-dealkylation sites (N-methyl/N-ethyl adjacent to an activating group) is 1. The molecule has 2 heterocycles. The van der Waals surface area contributed by atoms with Crippen LogP contribution in [0, 0.1) is 11.8 Å². The number of guanidine groups is 1. The summed E-state index contributed by atoms with van der Waals surface area (Å²) in [6, 6.07) is 1.85. The van der Waals surface area contributed by atoms with Gasteiger partial charge in [0.05, 0.1) is 5.56 Å². The van der Waals surface area contributed by atoms with Crippen LogP contribution in [0.2, 0.25) is 0 Å². The molecular weight excluding hydrogens is 471 g/mol. The minimum absolute atomic E-state index is 0.0437. The molecule has 198 valence electrons. The minimum atomic E-state index is -4.55. The third-order valence-corrected chi connectivity index (χ3v) is 8.13. The van der Waals surface area contributed by atoms with Crippen molar-refractivity contribution in [3.63, 3.8) is 0 Å². The number of rotatable bonds is 7. The Morgan fingerprint density at radius 3 is 2.47 bits per heavy atom. The molecule has 1 aliphatic heterocycles. The van der Waals surface area contributed by atoms with Crippen LogP contribution in [0.1, 0.15) is 93.1 Å². The number of aromatic nitrogens is 1. The Labute approximate surface area is 210 Å². The Hall–Kier alpha value is -2.65. The van der Waals surface area contributed by atoms with Crippen LogP contribution in [0.25, 0.3) is 0 Å². The highest BCUT2D eigenvalue weighted by molar-refractivity contribution is 6.06. The summed E-state index contributed by atoms with van der Waals surface area (Å²) in [5, 5.41) is 2.96. The average Bonchev–Trinajstić information content (AvgIpc) is 3.06. The van der Waals surface area contributed by atoms with E-state index in [0.717, 1.165) is 44.0 Å². The van der Waals surface area contributed by atoms with Crippen molar-refractivity contribution in [2.75, 3.05) is 7.05 Å². The van der Waals surface area contributed by atoms with Gasteiger partial charge in [-0.1, -0.05) is 44.9 Å². The first kappa shape index (κ1) is 26.4. The first-order valence-corrected chi connectivity index (χ1v) is 13.0. The molecule has 0 bridgehead atoms. The lowest BCUT2D eigenvalue weighted by atomic mass is 9.74. The predicted octanol–water partition coefficient (Wildman–Crippen LogP) is 4.67. The van der Waals surface area contributed by atoms with Gasteiger partial charge in [0.2, 0.25) is 0 Å². The second-order valence-corrected chi connectivity index (χ2v) is 10.7. The number of amides is 2. The van der Waals surface area contributed by atoms with Crippen LogP contribution in [0.15, 0.2) is 23.3 Å². The lowest BCUT2D eigenvalue weighted by Gasteiger charge is -2.35. The number of hydrogen-bond donors (Lipinski definition) is 2. The summed E-state index contributed by atoms with van der Waals surface area (Å²) >= 11 is 0. The van der Waals surface area contributed by atoms with Crippen LogP contribution in [-0.4, -0.2) is 46.3 Å². The second-order valence-electron chi connectivity index (χ2n) is 10.7. The third kappa shape index (κ3) is 6.00. The van der Waals surface area contributed by atoms with Gasteiger partial charge in [0, 0.05) is 19.3 Å². The van der Waals surface area contributed by atoms with E-state index in [0.29, 0.717) is 25.2 Å². The minimum Gasteiger partial charge on any atom is -0.369 e. The molecule has 4 rings (SSSR count). The van der Waals surface area contributed by atoms with Crippen molar-refractivity contribution in [2.24, 2.45) is 22.6 Å². The highest BCUT2D eigenvalue weighted by atomic mass is 19.4.